The van der Waals surface area contributed by atoms with Crippen molar-refractivity contribution >= 4 is 23.5 Å². The zero-order valence-corrected chi connectivity index (χ0v) is 14.0. The number of halogens is 1. The summed E-state index contributed by atoms with van der Waals surface area (Å²) in [6.45, 7) is 4.97. The molecule has 0 bridgehead atoms. The zero-order chi connectivity index (χ0) is 17.0. The highest BCUT2D eigenvalue weighted by molar-refractivity contribution is 6.30. The highest BCUT2D eigenvalue weighted by Crippen LogP contribution is 2.21. The van der Waals surface area contributed by atoms with Crippen molar-refractivity contribution in [2.75, 3.05) is 13.1 Å². The average Bonchev–Trinajstić information content (AvgIpc) is 2.45. The molecule has 1 fully saturated rings. The number of primary amides is 1. The number of benzene rings is 1. The van der Waals surface area contributed by atoms with Crippen LogP contribution in [0.25, 0.3) is 0 Å². The number of nitrogens with one attached hydrogen (secondary N) is 1. The van der Waals surface area contributed by atoms with Gasteiger partial charge in [0, 0.05) is 18.1 Å². The van der Waals surface area contributed by atoms with E-state index in [9.17, 15) is 9.59 Å². The van der Waals surface area contributed by atoms with E-state index in [0.29, 0.717) is 18.1 Å². The number of nitrogens with zero attached hydrogens (tertiary/aromatic N) is 1. The van der Waals surface area contributed by atoms with Crippen LogP contribution in [0.4, 0.5) is 4.79 Å². The van der Waals surface area contributed by atoms with Gasteiger partial charge in [-0.1, -0.05) is 23.7 Å². The van der Waals surface area contributed by atoms with E-state index in [0.717, 1.165) is 5.56 Å². The van der Waals surface area contributed by atoms with Gasteiger partial charge in [0.15, 0.2) is 0 Å². The van der Waals surface area contributed by atoms with Crippen LogP contribution in [0.15, 0.2) is 24.3 Å². The molecule has 1 aromatic carbocycles. The summed E-state index contributed by atoms with van der Waals surface area (Å²) in [7, 11) is 0. The molecule has 3 N–H and O–H groups in total. The van der Waals surface area contributed by atoms with Crippen LogP contribution in [0, 0.1) is 0 Å². The van der Waals surface area contributed by atoms with Crippen molar-refractivity contribution in [3.63, 3.8) is 0 Å². The number of nitrogens with two attached hydrogens (primary N) is 1. The first kappa shape index (κ1) is 17.6. The SMILES string of the molecule is CC1CN(C(=O)CC(NC(N)=O)c2ccc(Cl)cc2)CC(C)O1. The smallest absolute Gasteiger partial charge is 0.312 e. The molecular formula is C16H22ClN3O3. The van der Waals surface area contributed by atoms with Gasteiger partial charge in [-0.2, -0.15) is 0 Å². The Kier molecular flexibility index (Phi) is 5.85. The molecular weight excluding hydrogens is 318 g/mol. The van der Waals surface area contributed by atoms with Gasteiger partial charge in [-0.3, -0.25) is 4.79 Å². The van der Waals surface area contributed by atoms with Crippen LogP contribution in [-0.2, 0) is 9.53 Å². The lowest BCUT2D eigenvalue weighted by Gasteiger charge is -2.36. The summed E-state index contributed by atoms with van der Waals surface area (Å²) in [6, 6.07) is 5.85. The van der Waals surface area contributed by atoms with E-state index in [1.807, 2.05) is 13.8 Å². The van der Waals surface area contributed by atoms with E-state index in [4.69, 9.17) is 22.1 Å². The summed E-state index contributed by atoms with van der Waals surface area (Å²) in [5.41, 5.74) is 6.03. The first-order valence-corrected chi connectivity index (χ1v) is 7.97. The van der Waals surface area contributed by atoms with E-state index in [-0.39, 0.29) is 24.5 Å². The van der Waals surface area contributed by atoms with Gasteiger partial charge < -0.3 is 20.7 Å². The number of carbonyl (C=O) groups is 2. The van der Waals surface area contributed by atoms with Gasteiger partial charge in [-0.25, -0.2) is 4.79 Å². The van der Waals surface area contributed by atoms with E-state index in [2.05, 4.69) is 5.32 Å². The third kappa shape index (κ3) is 5.11. The van der Waals surface area contributed by atoms with E-state index >= 15 is 0 Å². The topological polar surface area (TPSA) is 84.7 Å². The second-order valence-corrected chi connectivity index (χ2v) is 6.31. The molecule has 7 heteroatoms. The quantitative estimate of drug-likeness (QED) is 0.880. The summed E-state index contributed by atoms with van der Waals surface area (Å²) >= 11 is 5.88. The molecule has 2 rings (SSSR count). The Morgan fingerprint density at radius 2 is 1.87 bits per heavy atom. The number of urea groups is 1. The fraction of sp³-hybridized carbons (Fsp3) is 0.500. The Labute approximate surface area is 140 Å². The van der Waals surface area contributed by atoms with Gasteiger partial charge in [-0.05, 0) is 31.5 Å². The van der Waals surface area contributed by atoms with Crippen molar-refractivity contribution < 1.29 is 14.3 Å². The van der Waals surface area contributed by atoms with Gasteiger partial charge in [0.1, 0.15) is 0 Å². The Morgan fingerprint density at radius 3 is 2.39 bits per heavy atom. The predicted octanol–water partition coefficient (Wildman–Crippen LogP) is 2.08. The minimum atomic E-state index is -0.665. The monoisotopic (exact) mass is 339 g/mol. The predicted molar refractivity (Wildman–Crippen MR) is 88.1 cm³/mol. The van der Waals surface area contributed by atoms with Crippen molar-refractivity contribution in [1.82, 2.24) is 10.2 Å². The maximum atomic E-state index is 12.6. The first-order chi connectivity index (χ1) is 10.8. The molecule has 1 aliphatic heterocycles. The summed E-state index contributed by atoms with van der Waals surface area (Å²) in [5, 5.41) is 3.22. The molecule has 0 saturated carbocycles. The van der Waals surface area contributed by atoms with Crippen LogP contribution in [0.3, 0.4) is 0 Å². The number of carbonyl (C=O) groups excluding carboxylic acids is 2. The molecule has 3 atom stereocenters. The molecule has 0 aliphatic carbocycles. The molecule has 0 radical (unpaired) electrons. The van der Waals surface area contributed by atoms with Crippen LogP contribution >= 0.6 is 11.6 Å². The number of morpholine rings is 1. The van der Waals surface area contributed by atoms with Crippen molar-refractivity contribution in [2.45, 2.75) is 38.5 Å². The molecule has 3 unspecified atom stereocenters. The standard InChI is InChI=1S/C16H22ClN3O3/c1-10-8-20(9-11(2)23-10)15(21)7-14(19-16(18)22)12-3-5-13(17)6-4-12/h3-6,10-11,14H,7-9H2,1-2H3,(H3,18,19,22). The lowest BCUT2D eigenvalue weighted by atomic mass is 10.0. The zero-order valence-electron chi connectivity index (χ0n) is 13.3. The lowest BCUT2D eigenvalue weighted by Crippen LogP contribution is -2.49. The van der Waals surface area contributed by atoms with Crippen LogP contribution in [0.1, 0.15) is 31.9 Å². The van der Waals surface area contributed by atoms with Gasteiger partial charge in [0.05, 0.1) is 24.7 Å². The van der Waals surface area contributed by atoms with Gasteiger partial charge in [0.25, 0.3) is 0 Å². The van der Waals surface area contributed by atoms with Crippen molar-refractivity contribution in [1.29, 1.82) is 0 Å². The maximum absolute atomic E-state index is 12.6. The Morgan fingerprint density at radius 1 is 1.30 bits per heavy atom. The van der Waals surface area contributed by atoms with E-state index in [1.165, 1.54) is 0 Å². The minimum Gasteiger partial charge on any atom is -0.372 e. The highest BCUT2D eigenvalue weighted by atomic mass is 35.5. The fourth-order valence-corrected chi connectivity index (χ4v) is 2.93. The van der Waals surface area contributed by atoms with E-state index in [1.54, 1.807) is 29.2 Å². The highest BCUT2D eigenvalue weighted by Gasteiger charge is 2.28. The largest absolute Gasteiger partial charge is 0.372 e. The summed E-state index contributed by atoms with van der Waals surface area (Å²) < 4.78 is 5.64. The molecule has 1 aromatic rings. The van der Waals surface area contributed by atoms with Crippen LogP contribution in [-0.4, -0.2) is 42.1 Å². The van der Waals surface area contributed by atoms with E-state index < -0.39 is 12.1 Å². The summed E-state index contributed by atoms with van der Waals surface area (Å²) in [4.78, 5) is 25.6. The first-order valence-electron chi connectivity index (χ1n) is 7.60. The van der Waals surface area contributed by atoms with Gasteiger partial charge in [-0.15, -0.1) is 0 Å². The van der Waals surface area contributed by atoms with Crippen LogP contribution in [0.2, 0.25) is 5.02 Å². The van der Waals surface area contributed by atoms with Crippen molar-refractivity contribution in [2.24, 2.45) is 5.73 Å². The minimum absolute atomic E-state index is 0.000724. The Balaban J connectivity index is 2.09. The van der Waals surface area contributed by atoms with Crippen LogP contribution < -0.4 is 11.1 Å². The molecule has 1 saturated heterocycles. The molecule has 23 heavy (non-hydrogen) atoms. The molecule has 126 valence electrons. The average molecular weight is 340 g/mol. The second kappa shape index (κ2) is 7.66. The third-order valence-electron chi connectivity index (χ3n) is 3.74. The number of rotatable bonds is 4. The van der Waals surface area contributed by atoms with Gasteiger partial charge >= 0.3 is 6.03 Å². The maximum Gasteiger partial charge on any atom is 0.312 e. The van der Waals surface area contributed by atoms with Crippen LogP contribution in [0.5, 0.6) is 0 Å². The fourth-order valence-electron chi connectivity index (χ4n) is 2.80. The molecule has 0 aromatic heterocycles. The van der Waals surface area contributed by atoms with Gasteiger partial charge in [0.2, 0.25) is 5.91 Å². The molecule has 3 amide bonds. The van der Waals surface area contributed by atoms with Crippen molar-refractivity contribution in [3.8, 4) is 0 Å². The van der Waals surface area contributed by atoms with Crippen molar-refractivity contribution in [3.05, 3.63) is 34.9 Å². The Bertz CT molecular complexity index is 554. The second-order valence-electron chi connectivity index (χ2n) is 5.87. The molecule has 0 spiro atoms. The normalized spacial score (nSPS) is 22.5. The third-order valence-corrected chi connectivity index (χ3v) is 3.99. The number of hydrogen-bond acceptors (Lipinski definition) is 3. The summed E-state index contributed by atoms with van der Waals surface area (Å²) in [5.74, 6) is -0.0410. The Hall–Kier alpha value is -1.79. The number of hydrogen-bond donors (Lipinski definition) is 2. The number of ether oxygens (including phenoxy) is 1. The lowest BCUT2D eigenvalue weighted by molar-refractivity contribution is -0.143. The molecule has 6 nitrogen and oxygen atoms in total. The molecule has 1 aliphatic rings. The summed E-state index contributed by atoms with van der Waals surface area (Å²) in [6.07, 6.45) is 0.144. The molecule has 1 heterocycles. The number of amides is 3.